The van der Waals surface area contributed by atoms with Gasteiger partial charge >= 0.3 is 6.09 Å². The van der Waals surface area contributed by atoms with E-state index in [1.54, 1.807) is 0 Å². The molecular weight excluding hydrogens is 392 g/mol. The predicted molar refractivity (Wildman–Crippen MR) is 106 cm³/mol. The summed E-state index contributed by atoms with van der Waals surface area (Å²) in [5.74, 6) is 0.541. The Morgan fingerprint density at radius 1 is 1.31 bits per heavy atom. The summed E-state index contributed by atoms with van der Waals surface area (Å²) in [6.07, 6.45) is 5.23. The number of hydrogen-bond acceptors (Lipinski definition) is 3. The number of piperidine rings is 3. The average molecular weight is 421 g/mol. The Bertz CT molecular complexity index is 681. The van der Waals surface area contributed by atoms with Crippen molar-refractivity contribution in [2.45, 2.75) is 58.1 Å². The molecular formula is C21H29BrN2O2. The number of rotatable bonds is 4. The molecule has 3 fully saturated rings. The summed E-state index contributed by atoms with van der Waals surface area (Å²) in [4.78, 5) is 15.2. The molecule has 0 aromatic heterocycles. The Morgan fingerprint density at radius 2 is 2.04 bits per heavy atom. The van der Waals surface area contributed by atoms with Crippen molar-refractivity contribution >= 4 is 22.0 Å². The van der Waals surface area contributed by atoms with Crippen molar-refractivity contribution in [1.29, 1.82) is 0 Å². The summed E-state index contributed by atoms with van der Waals surface area (Å²) in [5, 5.41) is 3.26. The van der Waals surface area contributed by atoms with Gasteiger partial charge in [0.15, 0.2) is 0 Å². The van der Waals surface area contributed by atoms with Crippen LogP contribution in [0.3, 0.4) is 0 Å². The highest BCUT2D eigenvalue weighted by Gasteiger charge is 2.45. The molecule has 4 aliphatic rings. The van der Waals surface area contributed by atoms with Gasteiger partial charge in [0.05, 0.1) is 6.04 Å². The van der Waals surface area contributed by atoms with Crippen LogP contribution in [0.15, 0.2) is 22.7 Å². The van der Waals surface area contributed by atoms with Crippen molar-refractivity contribution in [3.63, 3.8) is 0 Å². The Hall–Kier alpha value is -1.07. The van der Waals surface area contributed by atoms with E-state index in [-0.39, 0.29) is 23.7 Å². The molecule has 1 unspecified atom stereocenters. The second-order valence-electron chi connectivity index (χ2n) is 8.25. The molecule has 5 rings (SSSR count). The van der Waals surface area contributed by atoms with E-state index in [1.807, 2.05) is 0 Å². The van der Waals surface area contributed by atoms with Crippen LogP contribution in [0.25, 0.3) is 0 Å². The van der Waals surface area contributed by atoms with E-state index < -0.39 is 0 Å². The summed E-state index contributed by atoms with van der Waals surface area (Å²) in [7, 11) is 0. The van der Waals surface area contributed by atoms with Crippen molar-refractivity contribution in [3.8, 4) is 0 Å². The number of fused-ring (bicyclic) bond motifs is 4. The van der Waals surface area contributed by atoms with Gasteiger partial charge in [0, 0.05) is 11.0 Å². The van der Waals surface area contributed by atoms with E-state index in [0.29, 0.717) is 5.92 Å². The molecule has 1 amide bonds. The number of hydrogen-bond donors (Lipinski definition) is 1. The van der Waals surface area contributed by atoms with Gasteiger partial charge in [0.2, 0.25) is 0 Å². The smallest absolute Gasteiger partial charge is 0.407 e. The molecule has 5 heteroatoms. The maximum absolute atomic E-state index is 12.8. The first-order valence-corrected chi connectivity index (χ1v) is 10.8. The number of alkyl carbamates (subject to hydrolysis) is 1. The van der Waals surface area contributed by atoms with Gasteiger partial charge in [-0.3, -0.25) is 4.90 Å². The summed E-state index contributed by atoms with van der Waals surface area (Å²) < 4.78 is 7.01. The minimum absolute atomic E-state index is 0.0363. The van der Waals surface area contributed by atoms with E-state index in [4.69, 9.17) is 4.74 Å². The van der Waals surface area contributed by atoms with E-state index in [1.165, 1.54) is 11.1 Å². The highest BCUT2D eigenvalue weighted by Crippen LogP contribution is 2.50. The normalized spacial score (nSPS) is 31.5. The summed E-state index contributed by atoms with van der Waals surface area (Å²) in [5.41, 5.74) is 2.68. The van der Waals surface area contributed by atoms with Gasteiger partial charge in [0.25, 0.3) is 0 Å². The quantitative estimate of drug-likeness (QED) is 0.768. The third-order valence-corrected chi connectivity index (χ3v) is 7.59. The minimum atomic E-state index is -0.240. The molecule has 3 saturated heterocycles. The molecule has 3 heterocycles. The predicted octanol–water partition coefficient (Wildman–Crippen LogP) is 4.67. The van der Waals surface area contributed by atoms with Crippen LogP contribution in [0.4, 0.5) is 4.79 Å². The van der Waals surface area contributed by atoms with Crippen molar-refractivity contribution in [3.05, 3.63) is 33.8 Å². The van der Waals surface area contributed by atoms with E-state index in [2.05, 4.69) is 58.2 Å². The highest BCUT2D eigenvalue weighted by molar-refractivity contribution is 9.10. The largest absolute Gasteiger partial charge is 0.445 e. The van der Waals surface area contributed by atoms with Crippen LogP contribution in [-0.2, 0) is 11.2 Å². The number of nitrogens with zero attached hydrogens (tertiary/aromatic N) is 1. The molecule has 1 aromatic rings. The summed E-state index contributed by atoms with van der Waals surface area (Å²) in [6.45, 7) is 7.69. The Kier molecular flexibility index (Phi) is 5.04. The minimum Gasteiger partial charge on any atom is -0.445 e. The van der Waals surface area contributed by atoms with Crippen LogP contribution in [-0.4, -0.2) is 36.7 Å². The number of halogens is 1. The van der Waals surface area contributed by atoms with Crippen LogP contribution in [0.1, 0.15) is 56.7 Å². The maximum Gasteiger partial charge on any atom is 0.407 e. The topological polar surface area (TPSA) is 41.6 Å². The zero-order valence-electron chi connectivity index (χ0n) is 15.8. The number of nitrogens with one attached hydrogen (secondary N) is 1. The first kappa shape index (κ1) is 18.3. The lowest BCUT2D eigenvalue weighted by Crippen LogP contribution is -2.53. The second kappa shape index (κ2) is 7.16. The lowest BCUT2D eigenvalue weighted by atomic mass is 9.76. The first-order valence-electron chi connectivity index (χ1n) is 10.0. The fourth-order valence-electron chi connectivity index (χ4n) is 5.29. The highest BCUT2D eigenvalue weighted by atomic mass is 79.9. The van der Waals surface area contributed by atoms with Crippen molar-refractivity contribution in [2.75, 3.05) is 19.6 Å². The van der Waals surface area contributed by atoms with Crippen molar-refractivity contribution in [1.82, 2.24) is 10.2 Å². The van der Waals surface area contributed by atoms with Gasteiger partial charge in [0.1, 0.15) is 6.10 Å². The number of benzene rings is 1. The molecule has 2 bridgehead atoms. The number of ether oxygens (including phenoxy) is 1. The second-order valence-corrected chi connectivity index (χ2v) is 9.16. The fraction of sp³-hybridized carbons (Fsp3) is 0.667. The molecule has 2 atom stereocenters. The standard InChI is InChI=1S/C21H29BrN2O2/c1-3-21(4-2)12-15-11-16(22)5-6-17(15)19(21)23-20(25)26-18-13-24-9-7-14(18)8-10-24/h5-6,11,14,18-19H,3-4,7-10,12-13H2,1-2H3,(H,23,25)/t18-,19?/m1/s1. The molecule has 1 aliphatic carbocycles. The molecule has 0 saturated carbocycles. The molecule has 0 spiro atoms. The van der Waals surface area contributed by atoms with Crippen molar-refractivity contribution < 1.29 is 9.53 Å². The molecule has 1 N–H and O–H groups in total. The monoisotopic (exact) mass is 420 g/mol. The Morgan fingerprint density at radius 3 is 2.65 bits per heavy atom. The SMILES string of the molecule is CCC1(CC)Cc2cc(Br)ccc2C1NC(=O)O[C@@H]1CN2CCC1CC2. The lowest BCUT2D eigenvalue weighted by Gasteiger charge is -2.44. The van der Waals surface area contributed by atoms with Crippen LogP contribution < -0.4 is 5.32 Å². The summed E-state index contributed by atoms with van der Waals surface area (Å²) in [6, 6.07) is 6.48. The average Bonchev–Trinajstić information content (AvgIpc) is 2.95. The molecule has 1 aromatic carbocycles. The fourth-order valence-corrected chi connectivity index (χ4v) is 5.70. The van der Waals surface area contributed by atoms with Crippen LogP contribution in [0.2, 0.25) is 0 Å². The number of carbonyl (C=O) groups excluding carboxylic acids is 1. The van der Waals surface area contributed by atoms with Gasteiger partial charge in [-0.05, 0) is 79.8 Å². The Balaban J connectivity index is 1.50. The molecule has 3 aliphatic heterocycles. The maximum atomic E-state index is 12.8. The van der Waals surface area contributed by atoms with E-state index in [9.17, 15) is 4.79 Å². The molecule has 4 nitrogen and oxygen atoms in total. The molecule has 142 valence electrons. The molecule has 26 heavy (non-hydrogen) atoms. The zero-order chi connectivity index (χ0) is 18.3. The Labute approximate surface area is 164 Å². The van der Waals surface area contributed by atoms with E-state index in [0.717, 1.165) is 56.2 Å². The number of amides is 1. The zero-order valence-corrected chi connectivity index (χ0v) is 17.3. The third-order valence-electron chi connectivity index (χ3n) is 7.10. The lowest BCUT2D eigenvalue weighted by molar-refractivity contribution is -0.0353. The van der Waals surface area contributed by atoms with E-state index >= 15 is 0 Å². The van der Waals surface area contributed by atoms with Crippen LogP contribution in [0, 0.1) is 11.3 Å². The third kappa shape index (κ3) is 3.18. The van der Waals surface area contributed by atoms with Gasteiger partial charge < -0.3 is 10.1 Å². The van der Waals surface area contributed by atoms with Gasteiger partial charge in [-0.2, -0.15) is 0 Å². The summed E-state index contributed by atoms with van der Waals surface area (Å²) >= 11 is 3.58. The van der Waals surface area contributed by atoms with Crippen LogP contribution in [0.5, 0.6) is 0 Å². The van der Waals surface area contributed by atoms with Gasteiger partial charge in [-0.25, -0.2) is 4.79 Å². The first-order chi connectivity index (χ1) is 12.5. The molecule has 0 radical (unpaired) electrons. The van der Waals surface area contributed by atoms with Gasteiger partial charge in [-0.15, -0.1) is 0 Å². The van der Waals surface area contributed by atoms with Gasteiger partial charge in [-0.1, -0.05) is 35.8 Å². The van der Waals surface area contributed by atoms with Crippen LogP contribution >= 0.6 is 15.9 Å². The number of carbonyl (C=O) groups is 1. The van der Waals surface area contributed by atoms with Crippen molar-refractivity contribution in [2.24, 2.45) is 11.3 Å².